The van der Waals surface area contributed by atoms with Crippen LogP contribution in [-0.2, 0) is 13.5 Å². The number of hydrogen-bond acceptors (Lipinski definition) is 2. The number of hydrogen-bond donors (Lipinski definition) is 0. The minimum Gasteiger partial charge on any atom is -0.308 e. The van der Waals surface area contributed by atoms with Crippen LogP contribution in [-0.4, -0.2) is 22.2 Å². The molecule has 2 heterocycles. The van der Waals surface area contributed by atoms with E-state index >= 15 is 0 Å². The van der Waals surface area contributed by atoms with Crippen molar-refractivity contribution < 1.29 is 4.79 Å². The molecular formula is C16H19N3O. The molecule has 1 aromatic carbocycles. The maximum Gasteiger partial charge on any atom is 0.261 e. The van der Waals surface area contributed by atoms with Crippen molar-refractivity contribution in [2.75, 3.05) is 11.4 Å². The maximum absolute atomic E-state index is 12.8. The highest BCUT2D eigenvalue weighted by Crippen LogP contribution is 2.29. The Bertz CT molecular complexity index is 672. The maximum atomic E-state index is 12.8. The molecule has 0 atom stereocenters. The Morgan fingerprint density at radius 1 is 1.30 bits per heavy atom. The number of aromatic nitrogens is 2. The van der Waals surface area contributed by atoms with Gasteiger partial charge in [0, 0.05) is 25.0 Å². The van der Waals surface area contributed by atoms with Crippen LogP contribution < -0.4 is 4.90 Å². The van der Waals surface area contributed by atoms with Crippen LogP contribution in [0.1, 0.15) is 33.6 Å². The van der Waals surface area contributed by atoms with E-state index < -0.39 is 0 Å². The second-order valence-electron chi connectivity index (χ2n) is 5.46. The molecule has 0 spiro atoms. The molecule has 0 saturated heterocycles. The Morgan fingerprint density at radius 2 is 2.10 bits per heavy atom. The summed E-state index contributed by atoms with van der Waals surface area (Å²) in [5.74, 6) is 0.0559. The highest BCUT2D eigenvalue weighted by Gasteiger charge is 2.25. The van der Waals surface area contributed by atoms with E-state index in [2.05, 4.69) is 30.2 Å². The van der Waals surface area contributed by atoms with Gasteiger partial charge in [-0.3, -0.25) is 9.48 Å². The van der Waals surface area contributed by atoms with Crippen molar-refractivity contribution >= 4 is 11.6 Å². The molecule has 1 amide bonds. The number of fused-ring (bicyclic) bond motifs is 1. The predicted molar refractivity (Wildman–Crippen MR) is 79.1 cm³/mol. The van der Waals surface area contributed by atoms with Crippen LogP contribution in [0.5, 0.6) is 0 Å². The summed E-state index contributed by atoms with van der Waals surface area (Å²) in [5.41, 5.74) is 5.17. The van der Waals surface area contributed by atoms with Gasteiger partial charge < -0.3 is 4.90 Å². The summed E-state index contributed by atoms with van der Waals surface area (Å²) < 4.78 is 1.74. The number of benzene rings is 1. The molecule has 1 aliphatic heterocycles. The van der Waals surface area contributed by atoms with Gasteiger partial charge in [0.1, 0.15) is 0 Å². The molecule has 4 heteroatoms. The van der Waals surface area contributed by atoms with Gasteiger partial charge in [0.05, 0.1) is 11.8 Å². The first-order valence-corrected chi connectivity index (χ1v) is 6.98. The van der Waals surface area contributed by atoms with E-state index in [9.17, 15) is 4.79 Å². The van der Waals surface area contributed by atoms with E-state index in [-0.39, 0.29) is 5.91 Å². The zero-order valence-electron chi connectivity index (χ0n) is 12.2. The Hall–Kier alpha value is -2.10. The van der Waals surface area contributed by atoms with Gasteiger partial charge in [0.15, 0.2) is 0 Å². The second kappa shape index (κ2) is 4.78. The molecule has 1 aliphatic rings. The molecular weight excluding hydrogens is 250 g/mol. The van der Waals surface area contributed by atoms with E-state index in [0.717, 1.165) is 30.8 Å². The zero-order chi connectivity index (χ0) is 14.3. The van der Waals surface area contributed by atoms with Crippen molar-refractivity contribution in [3.8, 4) is 0 Å². The van der Waals surface area contributed by atoms with Gasteiger partial charge >= 0.3 is 0 Å². The van der Waals surface area contributed by atoms with Crippen molar-refractivity contribution in [1.82, 2.24) is 9.78 Å². The van der Waals surface area contributed by atoms with Gasteiger partial charge in [0.2, 0.25) is 0 Å². The fourth-order valence-electron chi connectivity index (χ4n) is 2.79. The Kier molecular flexibility index (Phi) is 3.08. The summed E-state index contributed by atoms with van der Waals surface area (Å²) in [4.78, 5) is 14.6. The monoisotopic (exact) mass is 269 g/mol. The van der Waals surface area contributed by atoms with Crippen LogP contribution in [0, 0.1) is 13.8 Å². The summed E-state index contributed by atoms with van der Waals surface area (Å²) in [7, 11) is 1.86. The van der Waals surface area contributed by atoms with Crippen LogP contribution in [0.15, 0.2) is 24.4 Å². The number of carbonyl (C=O) groups is 1. The molecule has 1 aromatic heterocycles. The third-order valence-electron chi connectivity index (χ3n) is 4.06. The van der Waals surface area contributed by atoms with Gasteiger partial charge in [-0.15, -0.1) is 0 Å². The second-order valence-corrected chi connectivity index (χ2v) is 5.46. The lowest BCUT2D eigenvalue weighted by molar-refractivity contribution is 0.0984. The Labute approximate surface area is 119 Å². The molecule has 2 aromatic rings. The van der Waals surface area contributed by atoms with Crippen molar-refractivity contribution in [2.24, 2.45) is 7.05 Å². The van der Waals surface area contributed by atoms with Crippen molar-refractivity contribution in [1.29, 1.82) is 0 Å². The van der Waals surface area contributed by atoms with Gasteiger partial charge in [-0.2, -0.15) is 5.10 Å². The van der Waals surface area contributed by atoms with Gasteiger partial charge in [0.25, 0.3) is 5.91 Å². The molecule has 0 N–H and O–H groups in total. The number of carbonyl (C=O) groups excluding carboxylic acids is 1. The third kappa shape index (κ3) is 2.01. The first kappa shape index (κ1) is 12.9. The van der Waals surface area contributed by atoms with Crippen LogP contribution in [0.4, 0.5) is 5.69 Å². The quantitative estimate of drug-likeness (QED) is 0.798. The summed E-state index contributed by atoms with van der Waals surface area (Å²) in [6.45, 7) is 4.80. The SMILES string of the molecule is Cc1ccc2c(c1)CCCN2C(=O)c1cnn(C)c1C. The Morgan fingerprint density at radius 3 is 2.80 bits per heavy atom. The van der Waals surface area contributed by atoms with Crippen LogP contribution in [0.3, 0.4) is 0 Å². The van der Waals surface area contributed by atoms with Gasteiger partial charge in [-0.25, -0.2) is 0 Å². The van der Waals surface area contributed by atoms with E-state index in [1.165, 1.54) is 11.1 Å². The van der Waals surface area contributed by atoms with Crippen molar-refractivity contribution in [3.63, 3.8) is 0 Å². The van der Waals surface area contributed by atoms with Crippen LogP contribution in [0.25, 0.3) is 0 Å². The molecule has 0 bridgehead atoms. The molecule has 0 aliphatic carbocycles. The van der Waals surface area contributed by atoms with E-state index in [1.54, 1.807) is 10.9 Å². The number of nitrogens with zero attached hydrogens (tertiary/aromatic N) is 3. The minimum absolute atomic E-state index is 0.0559. The molecule has 0 fully saturated rings. The summed E-state index contributed by atoms with van der Waals surface area (Å²) >= 11 is 0. The number of rotatable bonds is 1. The lowest BCUT2D eigenvalue weighted by Crippen LogP contribution is -2.35. The van der Waals surface area contributed by atoms with E-state index in [4.69, 9.17) is 0 Å². The molecule has 0 saturated carbocycles. The fraction of sp³-hybridized carbons (Fsp3) is 0.375. The van der Waals surface area contributed by atoms with Gasteiger partial charge in [-0.05, 0) is 38.3 Å². The minimum atomic E-state index is 0.0559. The lowest BCUT2D eigenvalue weighted by atomic mass is 9.99. The van der Waals surface area contributed by atoms with Crippen LogP contribution in [0.2, 0.25) is 0 Å². The third-order valence-corrected chi connectivity index (χ3v) is 4.06. The molecule has 4 nitrogen and oxygen atoms in total. The molecule has 0 radical (unpaired) electrons. The highest BCUT2D eigenvalue weighted by atomic mass is 16.2. The number of anilines is 1. The smallest absolute Gasteiger partial charge is 0.261 e. The standard InChI is InChI=1S/C16H19N3O/c1-11-6-7-15-13(9-11)5-4-8-19(15)16(20)14-10-17-18(3)12(14)2/h6-7,9-10H,4-5,8H2,1-3H3. The average molecular weight is 269 g/mol. The van der Waals surface area contributed by atoms with Crippen LogP contribution >= 0.6 is 0 Å². The molecule has 104 valence electrons. The molecule has 0 unspecified atom stereocenters. The predicted octanol–water partition coefficient (Wildman–Crippen LogP) is 2.63. The van der Waals surface area contributed by atoms with Gasteiger partial charge in [-0.1, -0.05) is 17.7 Å². The summed E-state index contributed by atoms with van der Waals surface area (Å²) in [6.07, 6.45) is 3.73. The number of amides is 1. The fourth-order valence-corrected chi connectivity index (χ4v) is 2.79. The normalized spacial score (nSPS) is 14.2. The Balaban J connectivity index is 2.00. The topological polar surface area (TPSA) is 38.1 Å². The first-order valence-electron chi connectivity index (χ1n) is 6.98. The highest BCUT2D eigenvalue weighted by molar-refractivity contribution is 6.07. The van der Waals surface area contributed by atoms with E-state index in [1.807, 2.05) is 18.9 Å². The first-order chi connectivity index (χ1) is 9.58. The van der Waals surface area contributed by atoms with E-state index in [0.29, 0.717) is 5.56 Å². The molecule has 3 rings (SSSR count). The molecule has 20 heavy (non-hydrogen) atoms. The summed E-state index contributed by atoms with van der Waals surface area (Å²) in [6, 6.07) is 6.32. The van der Waals surface area contributed by atoms with Crippen molar-refractivity contribution in [2.45, 2.75) is 26.7 Å². The zero-order valence-corrected chi connectivity index (χ0v) is 12.2. The largest absolute Gasteiger partial charge is 0.308 e. The lowest BCUT2D eigenvalue weighted by Gasteiger charge is -2.29. The number of aryl methyl sites for hydroxylation is 3. The van der Waals surface area contributed by atoms with Crippen molar-refractivity contribution in [3.05, 3.63) is 46.8 Å². The summed E-state index contributed by atoms with van der Waals surface area (Å²) in [5, 5.41) is 4.17. The average Bonchev–Trinajstić information content (AvgIpc) is 2.77.